The summed E-state index contributed by atoms with van der Waals surface area (Å²) in [5.41, 5.74) is 0. The third-order valence-corrected chi connectivity index (χ3v) is 2.99. The minimum Gasteiger partial charge on any atom is -0.254 e. The highest BCUT2D eigenvalue weighted by Gasteiger charge is 2.05. The number of pyridine rings is 1. The smallest absolute Gasteiger partial charge is 0.145 e. The van der Waals surface area contributed by atoms with Crippen molar-refractivity contribution in [1.29, 1.82) is 0 Å². The molecule has 1 heterocycles. The van der Waals surface area contributed by atoms with E-state index in [0.29, 0.717) is 15.8 Å². The maximum Gasteiger partial charge on any atom is 0.145 e. The average molecular weight is 190 g/mol. The van der Waals surface area contributed by atoms with Crippen LogP contribution in [0, 0.1) is 0 Å². The van der Waals surface area contributed by atoms with Crippen molar-refractivity contribution in [3.63, 3.8) is 0 Å². The van der Waals surface area contributed by atoms with E-state index in [1.165, 1.54) is 0 Å². The highest BCUT2D eigenvalue weighted by atomic mass is 35.5. The Bertz CT molecular complexity index is 277. The van der Waals surface area contributed by atoms with Crippen molar-refractivity contribution in [3.8, 4) is 0 Å². The lowest BCUT2D eigenvalue weighted by Gasteiger charge is -1.98. The van der Waals surface area contributed by atoms with Crippen molar-refractivity contribution in [1.82, 2.24) is 4.98 Å². The van der Waals surface area contributed by atoms with E-state index in [-0.39, 0.29) is 0 Å². The molecule has 2 nitrogen and oxygen atoms in total. The summed E-state index contributed by atoms with van der Waals surface area (Å²) in [6, 6.07) is 3.46. The quantitative estimate of drug-likeness (QED) is 0.665. The Labute approximate surface area is 73.1 Å². The fraction of sp³-hybridized carbons (Fsp3) is 0.286. The number of rotatable bonds is 2. The maximum atomic E-state index is 11.2. The summed E-state index contributed by atoms with van der Waals surface area (Å²) in [6.45, 7) is 1.85. The third kappa shape index (κ3) is 2.01. The molecule has 11 heavy (non-hydrogen) atoms. The Morgan fingerprint density at radius 3 is 3.00 bits per heavy atom. The van der Waals surface area contributed by atoms with Crippen molar-refractivity contribution < 1.29 is 4.21 Å². The van der Waals surface area contributed by atoms with E-state index in [1.807, 2.05) is 6.92 Å². The Hall–Kier alpha value is -0.410. The zero-order chi connectivity index (χ0) is 8.27. The molecule has 1 unspecified atom stereocenters. The zero-order valence-corrected chi connectivity index (χ0v) is 7.65. The molecule has 0 aromatic carbocycles. The van der Waals surface area contributed by atoms with E-state index in [4.69, 9.17) is 11.6 Å². The van der Waals surface area contributed by atoms with Crippen molar-refractivity contribution in [2.45, 2.75) is 11.8 Å². The van der Waals surface area contributed by atoms with Gasteiger partial charge in [-0.25, -0.2) is 4.98 Å². The third-order valence-electron chi connectivity index (χ3n) is 1.23. The molecule has 0 N–H and O–H groups in total. The zero-order valence-electron chi connectivity index (χ0n) is 6.08. The molecule has 4 heteroatoms. The molecule has 0 radical (unpaired) electrons. The van der Waals surface area contributed by atoms with E-state index in [1.54, 1.807) is 18.3 Å². The van der Waals surface area contributed by atoms with E-state index < -0.39 is 10.8 Å². The summed E-state index contributed by atoms with van der Waals surface area (Å²) in [5, 5.41) is 0.340. The van der Waals surface area contributed by atoms with Gasteiger partial charge in [-0.2, -0.15) is 0 Å². The molecule has 0 saturated carbocycles. The number of nitrogens with zero attached hydrogens (tertiary/aromatic N) is 1. The van der Waals surface area contributed by atoms with Gasteiger partial charge in [0.2, 0.25) is 0 Å². The van der Waals surface area contributed by atoms with Gasteiger partial charge in [0.15, 0.2) is 0 Å². The second-order valence-corrected chi connectivity index (χ2v) is 3.99. The van der Waals surface area contributed by atoms with Gasteiger partial charge in [0.25, 0.3) is 0 Å². The Balaban J connectivity index is 3.03. The maximum absolute atomic E-state index is 11.2. The van der Waals surface area contributed by atoms with Gasteiger partial charge in [-0.3, -0.25) is 4.21 Å². The second-order valence-electron chi connectivity index (χ2n) is 1.93. The van der Waals surface area contributed by atoms with Crippen molar-refractivity contribution in [3.05, 3.63) is 23.5 Å². The largest absolute Gasteiger partial charge is 0.254 e. The van der Waals surface area contributed by atoms with Crippen molar-refractivity contribution >= 4 is 22.4 Å². The molecule has 0 amide bonds. The van der Waals surface area contributed by atoms with Crippen LogP contribution in [0.15, 0.2) is 23.2 Å². The molecule has 0 fully saturated rings. The molecular weight excluding hydrogens is 182 g/mol. The molecule has 1 rings (SSSR count). The van der Waals surface area contributed by atoms with Crippen LogP contribution in [0.1, 0.15) is 6.92 Å². The molecule has 60 valence electrons. The van der Waals surface area contributed by atoms with Gasteiger partial charge < -0.3 is 0 Å². The SMILES string of the molecule is CCS(=O)c1cccnc1Cl. The summed E-state index contributed by atoms with van der Waals surface area (Å²) < 4.78 is 11.2. The monoisotopic (exact) mass is 189 g/mol. The van der Waals surface area contributed by atoms with Crippen LogP contribution in [0.25, 0.3) is 0 Å². The van der Waals surface area contributed by atoms with Gasteiger partial charge in [0.1, 0.15) is 5.15 Å². The lowest BCUT2D eigenvalue weighted by molar-refractivity contribution is 0.683. The Morgan fingerprint density at radius 2 is 2.45 bits per heavy atom. The summed E-state index contributed by atoms with van der Waals surface area (Å²) in [4.78, 5) is 4.44. The van der Waals surface area contributed by atoms with Crippen molar-refractivity contribution in [2.24, 2.45) is 0 Å². The first-order valence-electron chi connectivity index (χ1n) is 3.24. The summed E-state index contributed by atoms with van der Waals surface area (Å²) in [5.74, 6) is 0.575. The van der Waals surface area contributed by atoms with Crippen molar-refractivity contribution in [2.75, 3.05) is 5.75 Å². The van der Waals surface area contributed by atoms with Crippen LogP contribution in [-0.2, 0) is 10.8 Å². The van der Waals surface area contributed by atoms with Gasteiger partial charge in [-0.05, 0) is 12.1 Å². The fourth-order valence-electron chi connectivity index (χ4n) is 0.697. The highest BCUT2D eigenvalue weighted by Crippen LogP contribution is 2.15. The first-order valence-corrected chi connectivity index (χ1v) is 4.94. The number of aromatic nitrogens is 1. The first kappa shape index (κ1) is 8.68. The average Bonchev–Trinajstić information content (AvgIpc) is 2.04. The lowest BCUT2D eigenvalue weighted by Crippen LogP contribution is -1.95. The molecule has 1 atom stereocenters. The first-order chi connectivity index (χ1) is 5.25. The standard InChI is InChI=1S/C7H8ClNOS/c1-2-11(10)6-4-3-5-9-7(6)8/h3-5H,2H2,1H3. The molecule has 0 aliphatic carbocycles. The normalized spacial score (nSPS) is 12.9. The molecule has 1 aromatic rings. The van der Waals surface area contributed by atoms with Crippen LogP contribution >= 0.6 is 11.6 Å². The fourth-order valence-corrected chi connectivity index (χ4v) is 1.86. The molecule has 0 bridgehead atoms. The van der Waals surface area contributed by atoms with E-state index in [2.05, 4.69) is 4.98 Å². The Morgan fingerprint density at radius 1 is 1.73 bits per heavy atom. The summed E-state index contributed by atoms with van der Waals surface area (Å²) in [7, 11) is -0.996. The van der Waals surface area contributed by atoms with E-state index in [0.717, 1.165) is 0 Å². The molecule has 0 aliphatic rings. The number of hydrogen-bond donors (Lipinski definition) is 0. The van der Waals surface area contributed by atoms with Gasteiger partial charge in [-0.15, -0.1) is 0 Å². The van der Waals surface area contributed by atoms with Gasteiger partial charge in [0, 0.05) is 11.9 Å². The molecule has 0 saturated heterocycles. The number of hydrogen-bond acceptors (Lipinski definition) is 2. The van der Waals surface area contributed by atoms with Crippen LogP contribution in [0.4, 0.5) is 0 Å². The minimum absolute atomic E-state index is 0.340. The molecule has 1 aromatic heterocycles. The van der Waals surface area contributed by atoms with Gasteiger partial charge >= 0.3 is 0 Å². The summed E-state index contributed by atoms with van der Waals surface area (Å²) >= 11 is 5.69. The van der Waals surface area contributed by atoms with Gasteiger partial charge in [-0.1, -0.05) is 18.5 Å². The lowest BCUT2D eigenvalue weighted by atomic mass is 10.5. The highest BCUT2D eigenvalue weighted by molar-refractivity contribution is 7.85. The molecular formula is C7H8ClNOS. The topological polar surface area (TPSA) is 30.0 Å². The minimum atomic E-state index is -0.996. The second kappa shape index (κ2) is 3.83. The summed E-state index contributed by atoms with van der Waals surface area (Å²) in [6.07, 6.45) is 1.58. The van der Waals surface area contributed by atoms with Crippen LogP contribution in [0.5, 0.6) is 0 Å². The van der Waals surface area contributed by atoms with Gasteiger partial charge in [0.05, 0.1) is 15.7 Å². The van der Waals surface area contributed by atoms with E-state index >= 15 is 0 Å². The van der Waals surface area contributed by atoms with Crippen LogP contribution < -0.4 is 0 Å². The molecule has 0 aliphatic heterocycles. The number of halogens is 1. The van der Waals surface area contributed by atoms with E-state index in [9.17, 15) is 4.21 Å². The van der Waals surface area contributed by atoms with Crippen LogP contribution in [-0.4, -0.2) is 14.9 Å². The van der Waals surface area contributed by atoms with Crippen LogP contribution in [0.2, 0.25) is 5.15 Å². The van der Waals surface area contributed by atoms with Crippen LogP contribution in [0.3, 0.4) is 0 Å². The Kier molecular flexibility index (Phi) is 3.02. The molecule has 0 spiro atoms. The predicted molar refractivity (Wildman–Crippen MR) is 46.2 cm³/mol. The predicted octanol–water partition coefficient (Wildman–Crippen LogP) is 1.86.